The molecule has 52 heavy (non-hydrogen) atoms. The van der Waals surface area contributed by atoms with Gasteiger partial charge in [-0.05, 0) is 79.0 Å². The van der Waals surface area contributed by atoms with Crippen LogP contribution in [0.2, 0.25) is 0 Å². The second-order valence-corrected chi connectivity index (χ2v) is 20.1. The molecular weight excluding hydrogens is 679 g/mol. The number of nitrogens with zero attached hydrogens (tertiary/aromatic N) is 1. The van der Waals surface area contributed by atoms with Gasteiger partial charge in [-0.3, -0.25) is 4.79 Å². The zero-order chi connectivity index (χ0) is 35.7. The van der Waals surface area contributed by atoms with E-state index in [0.29, 0.717) is 18.5 Å². The van der Waals surface area contributed by atoms with Crippen molar-refractivity contribution in [2.24, 2.45) is 4.99 Å². The zero-order valence-corrected chi connectivity index (χ0v) is 34.3. The van der Waals surface area contributed by atoms with E-state index in [1.54, 1.807) is 0 Å². The van der Waals surface area contributed by atoms with Crippen LogP contribution in [0.5, 0.6) is 0 Å². The van der Waals surface area contributed by atoms with Crippen LogP contribution >= 0.6 is 7.26 Å². The summed E-state index contributed by atoms with van der Waals surface area (Å²) in [6.45, 7) is 7.01. The lowest BCUT2D eigenvalue weighted by molar-refractivity contribution is -0.117. The summed E-state index contributed by atoms with van der Waals surface area (Å²) in [5, 5.41) is 13.3. The Morgan fingerprint density at radius 2 is 1.31 bits per heavy atom. The number of fused-ring (bicyclic) bond motifs is 1. The van der Waals surface area contributed by atoms with Crippen LogP contribution in [0, 0.1) is 0 Å². The number of unbranched alkanes of at least 4 members (excludes halogenated alkanes) is 3. The summed E-state index contributed by atoms with van der Waals surface area (Å²) < 4.78 is 0. The van der Waals surface area contributed by atoms with Gasteiger partial charge in [-0.15, -0.1) is 0 Å². The van der Waals surface area contributed by atoms with Crippen LogP contribution in [0.3, 0.4) is 0 Å². The smallest absolute Gasteiger partial charge is 0.247 e. The molecular formula is C45H68ClN4OP. The third kappa shape index (κ3) is 13.3. The highest BCUT2D eigenvalue weighted by atomic mass is 35.5. The second kappa shape index (κ2) is 22.6. The summed E-state index contributed by atoms with van der Waals surface area (Å²) in [6, 6.07) is 24.2. The summed E-state index contributed by atoms with van der Waals surface area (Å²) in [4.78, 5) is 19.6. The van der Waals surface area contributed by atoms with Crippen molar-refractivity contribution in [3.8, 4) is 0 Å². The second-order valence-electron chi connectivity index (χ2n) is 15.7. The van der Waals surface area contributed by atoms with Crippen LogP contribution < -0.4 is 28.4 Å². The quantitative estimate of drug-likeness (QED) is 0.0695. The van der Waals surface area contributed by atoms with Crippen molar-refractivity contribution < 1.29 is 17.2 Å². The van der Waals surface area contributed by atoms with E-state index in [1.165, 1.54) is 118 Å². The van der Waals surface area contributed by atoms with Gasteiger partial charge in [-0.2, -0.15) is 0 Å². The predicted octanol–water partition coefficient (Wildman–Crippen LogP) is 8.51. The Kier molecular flexibility index (Phi) is 18.3. The molecule has 286 valence electrons. The van der Waals surface area contributed by atoms with E-state index in [1.807, 2.05) is 0 Å². The Morgan fingerprint density at radius 1 is 0.731 bits per heavy atom. The molecule has 7 heteroatoms. The van der Waals surface area contributed by atoms with Gasteiger partial charge >= 0.3 is 0 Å². The number of halogens is 1. The number of carbonyl (C=O) groups is 1. The Morgan fingerprint density at radius 3 is 1.92 bits per heavy atom. The molecule has 2 aliphatic carbocycles. The topological polar surface area (TPSA) is 65.5 Å². The van der Waals surface area contributed by atoms with E-state index < -0.39 is 13.3 Å². The number of benzene rings is 3. The lowest BCUT2D eigenvalue weighted by Crippen LogP contribution is -3.00. The van der Waals surface area contributed by atoms with Crippen molar-refractivity contribution in [1.82, 2.24) is 10.6 Å². The predicted molar refractivity (Wildman–Crippen MR) is 224 cm³/mol. The van der Waals surface area contributed by atoms with Gasteiger partial charge in [0.25, 0.3) is 0 Å². The summed E-state index contributed by atoms with van der Waals surface area (Å²) in [5.41, 5.74) is 3.46. The fourth-order valence-corrected chi connectivity index (χ4v) is 13.4. The first kappa shape index (κ1) is 42.1. The fourth-order valence-electron chi connectivity index (χ4n) is 8.29. The van der Waals surface area contributed by atoms with E-state index in [0.717, 1.165) is 42.9 Å². The maximum absolute atomic E-state index is 14.3. The number of carbonyl (C=O) groups excluding carboxylic acids is 1. The minimum atomic E-state index is -1.05. The number of amides is 1. The molecule has 0 heterocycles. The van der Waals surface area contributed by atoms with Crippen LogP contribution in [-0.2, 0) is 17.4 Å². The Balaban J connectivity index is 0.00000605. The maximum Gasteiger partial charge on any atom is 0.247 e. The van der Waals surface area contributed by atoms with Crippen LogP contribution in [0.1, 0.15) is 135 Å². The van der Waals surface area contributed by atoms with Crippen molar-refractivity contribution in [2.45, 2.75) is 154 Å². The molecule has 1 amide bonds. The standard InChI is InChI=1S/C45H67N4OP.ClH/c1-4-7-30-51(31-8-5-2,32-9-6-3)35-36-25-28-42(29-26-36)46-44(50)43(34-37-24-27-38-18-16-17-19-39(38)33-37)49-45(47-40-20-12-10-13-21-40)48-41-22-14-11-15-23-41;/h16-19,24-29,33,40-41,43H,4-15,20-23,30-32,34-35H2,1-3H3,(H2-,46,47,48,49,50);1H/t43-;/m0./s1. The molecule has 0 bridgehead atoms. The van der Waals surface area contributed by atoms with E-state index in [2.05, 4.69) is 103 Å². The van der Waals surface area contributed by atoms with Crippen molar-refractivity contribution in [3.63, 3.8) is 0 Å². The van der Waals surface area contributed by atoms with Gasteiger partial charge in [0, 0.05) is 25.4 Å². The number of aliphatic imine (C=N–C) groups is 1. The third-order valence-electron chi connectivity index (χ3n) is 11.4. The molecule has 2 aliphatic rings. The molecule has 0 unspecified atom stereocenters. The number of guanidine groups is 1. The molecule has 5 rings (SSSR count). The van der Waals surface area contributed by atoms with Crippen LogP contribution in [-0.4, -0.2) is 48.5 Å². The van der Waals surface area contributed by atoms with Gasteiger partial charge < -0.3 is 28.4 Å². The molecule has 3 aromatic carbocycles. The summed E-state index contributed by atoms with van der Waals surface area (Å²) in [7, 11) is -1.05. The first-order valence-electron chi connectivity index (χ1n) is 20.8. The molecule has 0 aliphatic heterocycles. The molecule has 5 nitrogen and oxygen atoms in total. The van der Waals surface area contributed by atoms with Crippen LogP contribution in [0.4, 0.5) is 5.69 Å². The molecule has 2 saturated carbocycles. The molecule has 1 atom stereocenters. The Bertz CT molecular complexity index is 1480. The first-order valence-corrected chi connectivity index (χ1v) is 23.4. The average Bonchev–Trinajstić information content (AvgIpc) is 3.16. The van der Waals surface area contributed by atoms with Crippen LogP contribution in [0.15, 0.2) is 71.7 Å². The highest BCUT2D eigenvalue weighted by molar-refractivity contribution is 7.75. The van der Waals surface area contributed by atoms with Gasteiger partial charge in [0.1, 0.15) is 6.04 Å². The zero-order valence-electron chi connectivity index (χ0n) is 32.6. The normalized spacial score (nSPS) is 16.6. The number of hydrogen-bond donors (Lipinski definition) is 3. The number of anilines is 1. The molecule has 2 fully saturated rings. The summed E-state index contributed by atoms with van der Waals surface area (Å²) >= 11 is 0. The first-order chi connectivity index (χ1) is 25.0. The van der Waals surface area contributed by atoms with Crippen molar-refractivity contribution in [2.75, 3.05) is 23.8 Å². The maximum atomic E-state index is 14.3. The lowest BCUT2D eigenvalue weighted by atomic mass is 9.95. The highest BCUT2D eigenvalue weighted by Gasteiger charge is 2.35. The number of nitrogens with one attached hydrogen (secondary N) is 3. The lowest BCUT2D eigenvalue weighted by Gasteiger charge is -2.29. The van der Waals surface area contributed by atoms with E-state index >= 15 is 0 Å². The van der Waals surface area contributed by atoms with Gasteiger partial charge in [-0.25, -0.2) is 4.99 Å². The van der Waals surface area contributed by atoms with Gasteiger partial charge in [0.2, 0.25) is 5.91 Å². The Labute approximate surface area is 323 Å². The van der Waals surface area contributed by atoms with Crippen molar-refractivity contribution in [1.29, 1.82) is 0 Å². The molecule has 0 saturated heterocycles. The third-order valence-corrected chi connectivity index (χ3v) is 16.2. The van der Waals surface area contributed by atoms with Crippen LogP contribution in [0.25, 0.3) is 10.8 Å². The largest absolute Gasteiger partial charge is 1.00 e. The van der Waals surface area contributed by atoms with Gasteiger partial charge in [0.15, 0.2) is 5.96 Å². The SMILES string of the molecule is CCCC[P+](CCCC)(CCCC)Cc1ccc(NC(=O)[C@H](Cc2ccc3ccccc3c2)NC(=NC2CCCCC2)NC2CCCCC2)cc1.[Cl-]. The fraction of sp³-hybridized carbons (Fsp3) is 0.600. The molecule has 3 aromatic rings. The van der Waals surface area contributed by atoms with E-state index in [-0.39, 0.29) is 18.3 Å². The Hall–Kier alpha value is -2.62. The minimum Gasteiger partial charge on any atom is -1.00 e. The summed E-state index contributed by atoms with van der Waals surface area (Å²) in [5.74, 6) is 0.810. The highest BCUT2D eigenvalue weighted by Crippen LogP contribution is 2.63. The number of hydrogen-bond acceptors (Lipinski definition) is 2. The van der Waals surface area contributed by atoms with Gasteiger partial charge in [-0.1, -0.05) is 133 Å². The average molecular weight is 747 g/mol. The van der Waals surface area contributed by atoms with Crippen molar-refractivity contribution >= 4 is 35.6 Å². The number of rotatable bonds is 18. The van der Waals surface area contributed by atoms with E-state index in [9.17, 15) is 4.79 Å². The monoisotopic (exact) mass is 746 g/mol. The minimum absolute atomic E-state index is 0. The van der Waals surface area contributed by atoms with Gasteiger partial charge in [0.05, 0.1) is 30.7 Å². The summed E-state index contributed by atoms with van der Waals surface area (Å²) in [6.07, 6.45) is 26.2. The molecule has 0 spiro atoms. The molecule has 3 N–H and O–H groups in total. The molecule has 0 aromatic heterocycles. The van der Waals surface area contributed by atoms with Crippen molar-refractivity contribution in [3.05, 3.63) is 77.9 Å². The van der Waals surface area contributed by atoms with E-state index in [4.69, 9.17) is 4.99 Å². The molecule has 0 radical (unpaired) electrons.